The lowest BCUT2D eigenvalue weighted by molar-refractivity contribution is -0.147. The van der Waals surface area contributed by atoms with Crippen molar-refractivity contribution in [2.24, 2.45) is 5.92 Å². The lowest BCUT2D eigenvalue weighted by atomic mass is 9.89. The topological polar surface area (TPSA) is 84.2 Å². The predicted octanol–water partition coefficient (Wildman–Crippen LogP) is 1.05. The van der Waals surface area contributed by atoms with Crippen LogP contribution in [0.3, 0.4) is 0 Å². The van der Waals surface area contributed by atoms with E-state index in [1.165, 1.54) is 6.07 Å². The summed E-state index contributed by atoms with van der Waals surface area (Å²) in [5, 5.41) is 8.28. The fraction of sp³-hybridized carbons (Fsp3) is 0.818. The number of carbonyl (C=O) groups excluding carboxylic acids is 1. The highest BCUT2D eigenvalue weighted by molar-refractivity contribution is 7.92. The molecule has 1 aliphatic carbocycles. The van der Waals surface area contributed by atoms with Gasteiger partial charge in [0.25, 0.3) is 0 Å². The first kappa shape index (κ1) is 14.0. The van der Waals surface area contributed by atoms with Crippen molar-refractivity contribution in [1.29, 1.82) is 5.26 Å². The summed E-state index contributed by atoms with van der Waals surface area (Å²) in [6.45, 7) is 2.15. The smallest absolute Gasteiger partial charge is 0.321 e. The third kappa shape index (κ3) is 5.18. The van der Waals surface area contributed by atoms with Crippen molar-refractivity contribution in [3.63, 3.8) is 0 Å². The van der Waals surface area contributed by atoms with Crippen LogP contribution in [0.25, 0.3) is 0 Å². The predicted molar refractivity (Wildman–Crippen MR) is 61.8 cm³/mol. The maximum atomic E-state index is 11.4. The van der Waals surface area contributed by atoms with Crippen LogP contribution < -0.4 is 0 Å². The standard InChI is InChI=1S/C11H17NO4S/c1-9-2-4-10(5-3-9)16-11(13)8-17(14,15)7-6-12/h9-10H,2-5,7-8H2,1H3. The van der Waals surface area contributed by atoms with Crippen LogP contribution in [-0.2, 0) is 19.4 Å². The molecule has 0 atom stereocenters. The zero-order valence-corrected chi connectivity index (χ0v) is 10.7. The zero-order chi connectivity index (χ0) is 12.9. The summed E-state index contributed by atoms with van der Waals surface area (Å²) in [5.41, 5.74) is 0. The molecule has 17 heavy (non-hydrogen) atoms. The molecule has 0 radical (unpaired) electrons. The van der Waals surface area contributed by atoms with E-state index in [1.807, 2.05) is 0 Å². The molecule has 0 aromatic rings. The Bertz CT molecular complexity index is 402. The highest BCUT2D eigenvalue weighted by Crippen LogP contribution is 2.25. The Labute approximate surface area is 102 Å². The van der Waals surface area contributed by atoms with E-state index in [4.69, 9.17) is 10.00 Å². The summed E-state index contributed by atoms with van der Waals surface area (Å²) < 4.78 is 27.5. The maximum Gasteiger partial charge on any atom is 0.321 e. The Balaban J connectivity index is 2.38. The molecule has 0 aromatic carbocycles. The monoisotopic (exact) mass is 259 g/mol. The fourth-order valence-electron chi connectivity index (χ4n) is 1.90. The van der Waals surface area contributed by atoms with E-state index >= 15 is 0 Å². The van der Waals surface area contributed by atoms with Gasteiger partial charge in [0.15, 0.2) is 9.84 Å². The SMILES string of the molecule is CC1CCC(OC(=O)CS(=O)(=O)CC#N)CC1. The zero-order valence-electron chi connectivity index (χ0n) is 9.89. The Hall–Kier alpha value is -1.09. The second kappa shape index (κ2) is 6.01. The van der Waals surface area contributed by atoms with Crippen molar-refractivity contribution >= 4 is 15.8 Å². The van der Waals surface area contributed by atoms with E-state index in [9.17, 15) is 13.2 Å². The molecule has 1 fully saturated rings. The number of hydrogen-bond acceptors (Lipinski definition) is 5. The summed E-state index contributed by atoms with van der Waals surface area (Å²) >= 11 is 0. The molecule has 1 saturated carbocycles. The van der Waals surface area contributed by atoms with Crippen LogP contribution in [-0.4, -0.2) is 32.0 Å². The fourth-order valence-corrected chi connectivity index (χ4v) is 2.62. The number of esters is 1. The van der Waals surface area contributed by atoms with Gasteiger partial charge in [-0.15, -0.1) is 0 Å². The second-order valence-corrected chi connectivity index (χ2v) is 6.63. The summed E-state index contributed by atoms with van der Waals surface area (Å²) in [6.07, 6.45) is 3.44. The lowest BCUT2D eigenvalue weighted by Gasteiger charge is -2.25. The van der Waals surface area contributed by atoms with Gasteiger partial charge >= 0.3 is 5.97 Å². The van der Waals surface area contributed by atoms with Crippen LogP contribution in [0.1, 0.15) is 32.6 Å². The number of ether oxygens (including phenoxy) is 1. The Morgan fingerprint density at radius 2 is 1.94 bits per heavy atom. The number of nitriles is 1. The Kier molecular flexibility index (Phi) is 4.94. The van der Waals surface area contributed by atoms with Gasteiger partial charge in [-0.25, -0.2) is 8.42 Å². The number of nitrogens with zero attached hydrogens (tertiary/aromatic N) is 1. The molecule has 0 N–H and O–H groups in total. The van der Waals surface area contributed by atoms with E-state index in [0.29, 0.717) is 5.92 Å². The lowest BCUT2D eigenvalue weighted by Crippen LogP contribution is -2.28. The Morgan fingerprint density at radius 3 is 2.47 bits per heavy atom. The minimum absolute atomic E-state index is 0.156. The van der Waals surface area contributed by atoms with Crippen molar-refractivity contribution in [3.8, 4) is 6.07 Å². The van der Waals surface area contributed by atoms with Crippen LogP contribution >= 0.6 is 0 Å². The third-order valence-electron chi connectivity index (χ3n) is 2.88. The average Bonchev–Trinajstić information content (AvgIpc) is 2.20. The molecule has 96 valence electrons. The van der Waals surface area contributed by atoms with Gasteiger partial charge in [-0.05, 0) is 31.6 Å². The highest BCUT2D eigenvalue weighted by Gasteiger charge is 2.24. The minimum Gasteiger partial charge on any atom is -0.462 e. The summed E-state index contributed by atoms with van der Waals surface area (Å²) in [5.74, 6) is -1.41. The van der Waals surface area contributed by atoms with Crippen molar-refractivity contribution in [3.05, 3.63) is 0 Å². The quantitative estimate of drug-likeness (QED) is 0.704. The molecule has 6 heteroatoms. The molecule has 1 aliphatic rings. The highest BCUT2D eigenvalue weighted by atomic mass is 32.2. The van der Waals surface area contributed by atoms with Gasteiger partial charge in [-0.2, -0.15) is 5.26 Å². The van der Waals surface area contributed by atoms with E-state index in [2.05, 4.69) is 6.92 Å². The average molecular weight is 259 g/mol. The number of carbonyl (C=O) groups is 1. The molecule has 0 saturated heterocycles. The van der Waals surface area contributed by atoms with E-state index in [1.54, 1.807) is 0 Å². The van der Waals surface area contributed by atoms with Crippen LogP contribution in [0.4, 0.5) is 0 Å². The normalized spacial score (nSPS) is 24.9. The van der Waals surface area contributed by atoms with Crippen molar-refractivity contribution in [1.82, 2.24) is 0 Å². The van der Waals surface area contributed by atoms with Crippen molar-refractivity contribution < 1.29 is 17.9 Å². The van der Waals surface area contributed by atoms with E-state index < -0.39 is 27.3 Å². The molecule has 5 nitrogen and oxygen atoms in total. The molecular formula is C11H17NO4S. The summed E-state index contributed by atoms with van der Waals surface area (Å²) in [7, 11) is -3.63. The maximum absolute atomic E-state index is 11.4. The second-order valence-electron chi connectivity index (χ2n) is 4.56. The molecule has 1 rings (SSSR count). The number of sulfone groups is 1. The molecule has 0 amide bonds. The van der Waals surface area contributed by atoms with Crippen LogP contribution in [0.15, 0.2) is 0 Å². The number of hydrogen-bond donors (Lipinski definition) is 0. The van der Waals surface area contributed by atoms with E-state index in [-0.39, 0.29) is 6.10 Å². The van der Waals surface area contributed by atoms with Crippen molar-refractivity contribution in [2.75, 3.05) is 11.5 Å². The van der Waals surface area contributed by atoms with Gasteiger partial charge in [0.2, 0.25) is 0 Å². The van der Waals surface area contributed by atoms with Crippen molar-refractivity contribution in [2.45, 2.75) is 38.7 Å². The van der Waals surface area contributed by atoms with Crippen LogP contribution in [0.2, 0.25) is 0 Å². The van der Waals surface area contributed by atoms with E-state index in [0.717, 1.165) is 25.7 Å². The molecule has 0 unspecified atom stereocenters. The number of rotatable bonds is 4. The molecule has 0 bridgehead atoms. The van der Waals surface area contributed by atoms with Gasteiger partial charge < -0.3 is 4.74 Å². The summed E-state index contributed by atoms with van der Waals surface area (Å²) in [4.78, 5) is 11.4. The van der Waals surface area contributed by atoms with Gasteiger partial charge in [0, 0.05) is 0 Å². The molecule has 0 spiro atoms. The minimum atomic E-state index is -3.63. The molecule has 0 heterocycles. The van der Waals surface area contributed by atoms with Gasteiger partial charge in [0.1, 0.15) is 17.6 Å². The van der Waals surface area contributed by atoms with Crippen LogP contribution in [0.5, 0.6) is 0 Å². The first-order chi connectivity index (χ1) is 7.93. The van der Waals surface area contributed by atoms with Gasteiger partial charge in [0.05, 0.1) is 6.07 Å². The van der Waals surface area contributed by atoms with Gasteiger partial charge in [-0.1, -0.05) is 6.92 Å². The molecule has 0 aliphatic heterocycles. The molecule has 0 aromatic heterocycles. The summed E-state index contributed by atoms with van der Waals surface area (Å²) in [6, 6.07) is 1.53. The Morgan fingerprint density at radius 1 is 1.35 bits per heavy atom. The first-order valence-corrected chi connectivity index (χ1v) is 7.52. The third-order valence-corrected chi connectivity index (χ3v) is 4.13. The molecular weight excluding hydrogens is 242 g/mol. The largest absolute Gasteiger partial charge is 0.462 e. The van der Waals surface area contributed by atoms with Gasteiger partial charge in [-0.3, -0.25) is 4.79 Å². The first-order valence-electron chi connectivity index (χ1n) is 5.70. The van der Waals surface area contributed by atoms with Crippen LogP contribution in [0, 0.1) is 17.2 Å².